The molecule has 4 nitrogen and oxygen atoms in total. The van der Waals surface area contributed by atoms with Crippen molar-refractivity contribution in [3.8, 4) is 0 Å². The Morgan fingerprint density at radius 3 is 2.93 bits per heavy atom. The van der Waals surface area contributed by atoms with Crippen LogP contribution in [-0.2, 0) is 9.53 Å². The number of benzene rings is 1. The molecule has 0 aliphatic rings. The van der Waals surface area contributed by atoms with Gasteiger partial charge in [-0.3, -0.25) is 0 Å². The van der Waals surface area contributed by atoms with Gasteiger partial charge in [0.05, 0.1) is 17.9 Å². The van der Waals surface area contributed by atoms with Crippen molar-refractivity contribution in [1.82, 2.24) is 0 Å². The lowest BCUT2D eigenvalue weighted by Gasteiger charge is -2.03. The van der Waals surface area contributed by atoms with Crippen molar-refractivity contribution in [2.45, 2.75) is 6.92 Å². The van der Waals surface area contributed by atoms with Crippen molar-refractivity contribution in [3.63, 3.8) is 0 Å². The van der Waals surface area contributed by atoms with E-state index in [1.807, 2.05) is 0 Å². The second-order valence-corrected chi connectivity index (χ2v) is 3.02. The van der Waals surface area contributed by atoms with Gasteiger partial charge in [0.2, 0.25) is 6.08 Å². The SMILES string of the molecule is CCOC(=O)c1ccc(Cl)cc1N=C=O. The summed E-state index contributed by atoms with van der Waals surface area (Å²) in [6.45, 7) is 1.95. The van der Waals surface area contributed by atoms with Gasteiger partial charge in [-0.1, -0.05) is 11.6 Å². The van der Waals surface area contributed by atoms with Crippen molar-refractivity contribution in [2.24, 2.45) is 4.99 Å². The molecule has 0 heterocycles. The highest BCUT2D eigenvalue weighted by atomic mass is 35.5. The summed E-state index contributed by atoms with van der Waals surface area (Å²) < 4.78 is 4.78. The highest BCUT2D eigenvalue weighted by Crippen LogP contribution is 2.24. The number of halogens is 1. The number of hydrogen-bond acceptors (Lipinski definition) is 4. The molecule has 0 aliphatic heterocycles. The smallest absolute Gasteiger partial charge is 0.340 e. The van der Waals surface area contributed by atoms with Crippen LogP contribution in [-0.4, -0.2) is 18.7 Å². The zero-order valence-electron chi connectivity index (χ0n) is 7.99. The fourth-order valence-electron chi connectivity index (χ4n) is 1.03. The maximum absolute atomic E-state index is 11.4. The van der Waals surface area contributed by atoms with Crippen LogP contribution < -0.4 is 0 Å². The minimum Gasteiger partial charge on any atom is -0.462 e. The fraction of sp³-hybridized carbons (Fsp3) is 0.200. The van der Waals surface area contributed by atoms with Gasteiger partial charge in [-0.15, -0.1) is 0 Å². The highest BCUT2D eigenvalue weighted by molar-refractivity contribution is 6.31. The fourth-order valence-corrected chi connectivity index (χ4v) is 1.19. The predicted octanol–water partition coefficient (Wildman–Crippen LogP) is 2.48. The van der Waals surface area contributed by atoms with Gasteiger partial charge in [0.1, 0.15) is 0 Å². The van der Waals surface area contributed by atoms with E-state index in [9.17, 15) is 9.59 Å². The maximum Gasteiger partial charge on any atom is 0.340 e. The van der Waals surface area contributed by atoms with Gasteiger partial charge in [-0.2, -0.15) is 4.99 Å². The Morgan fingerprint density at radius 2 is 2.33 bits per heavy atom. The van der Waals surface area contributed by atoms with Gasteiger partial charge in [-0.25, -0.2) is 9.59 Å². The summed E-state index contributed by atoms with van der Waals surface area (Å²) in [5.41, 5.74) is 0.362. The Hall–Kier alpha value is -1.64. The number of carbonyl (C=O) groups is 1. The van der Waals surface area contributed by atoms with Gasteiger partial charge >= 0.3 is 5.97 Å². The lowest BCUT2D eigenvalue weighted by atomic mass is 10.2. The number of esters is 1. The normalized spacial score (nSPS) is 9.20. The molecule has 0 atom stereocenters. The average molecular weight is 226 g/mol. The number of isocyanates is 1. The van der Waals surface area contributed by atoms with E-state index in [2.05, 4.69) is 4.99 Å². The molecule has 0 amide bonds. The van der Waals surface area contributed by atoms with Crippen LogP contribution in [0.4, 0.5) is 5.69 Å². The predicted molar refractivity (Wildman–Crippen MR) is 55.2 cm³/mol. The molecule has 78 valence electrons. The van der Waals surface area contributed by atoms with Crippen molar-refractivity contribution in [1.29, 1.82) is 0 Å². The molecule has 0 fully saturated rings. The molecule has 0 aliphatic carbocycles. The number of nitrogens with zero attached hydrogens (tertiary/aromatic N) is 1. The molecule has 15 heavy (non-hydrogen) atoms. The third-order valence-corrected chi connectivity index (χ3v) is 1.86. The van der Waals surface area contributed by atoms with E-state index < -0.39 is 5.97 Å². The monoisotopic (exact) mass is 225 g/mol. The summed E-state index contributed by atoms with van der Waals surface area (Å²) in [5, 5.41) is 0.386. The van der Waals surface area contributed by atoms with E-state index in [0.29, 0.717) is 5.02 Å². The number of ether oxygens (including phenoxy) is 1. The molecular weight excluding hydrogens is 218 g/mol. The molecule has 0 aromatic heterocycles. The molecule has 5 heteroatoms. The summed E-state index contributed by atoms with van der Waals surface area (Å²) in [4.78, 5) is 24.9. The Balaban J connectivity index is 3.16. The van der Waals surface area contributed by atoms with Crippen LogP contribution in [0.25, 0.3) is 0 Å². The van der Waals surface area contributed by atoms with E-state index in [1.165, 1.54) is 24.3 Å². The quantitative estimate of drug-likeness (QED) is 0.451. The Bertz CT molecular complexity index is 425. The Labute approximate surface area is 91.5 Å². The van der Waals surface area contributed by atoms with Crippen LogP contribution in [0.5, 0.6) is 0 Å². The first-order valence-electron chi connectivity index (χ1n) is 4.23. The first kappa shape index (κ1) is 11.4. The number of rotatable bonds is 3. The average Bonchev–Trinajstić information content (AvgIpc) is 2.18. The van der Waals surface area contributed by atoms with E-state index in [1.54, 1.807) is 6.92 Å². The molecule has 0 spiro atoms. The van der Waals surface area contributed by atoms with Gasteiger partial charge in [0.15, 0.2) is 0 Å². The Morgan fingerprint density at radius 1 is 1.60 bits per heavy atom. The number of carbonyl (C=O) groups excluding carboxylic acids is 2. The molecule has 0 N–H and O–H groups in total. The number of hydrogen-bond donors (Lipinski definition) is 0. The highest BCUT2D eigenvalue weighted by Gasteiger charge is 2.12. The molecule has 1 aromatic carbocycles. The first-order valence-corrected chi connectivity index (χ1v) is 4.61. The molecule has 0 bridgehead atoms. The third kappa shape index (κ3) is 2.91. The summed E-state index contributed by atoms with van der Waals surface area (Å²) in [7, 11) is 0. The van der Waals surface area contributed by atoms with E-state index >= 15 is 0 Å². The van der Waals surface area contributed by atoms with Gasteiger partial charge in [0, 0.05) is 5.02 Å². The maximum atomic E-state index is 11.4. The zero-order chi connectivity index (χ0) is 11.3. The summed E-state index contributed by atoms with van der Waals surface area (Å²) in [5.74, 6) is -0.539. The molecule has 0 saturated carbocycles. The minimum atomic E-state index is -0.539. The van der Waals surface area contributed by atoms with E-state index in [-0.39, 0.29) is 17.9 Å². The first-order chi connectivity index (χ1) is 7.19. The van der Waals surface area contributed by atoms with Crippen LogP contribution in [0.2, 0.25) is 5.02 Å². The second-order valence-electron chi connectivity index (χ2n) is 2.59. The van der Waals surface area contributed by atoms with Crippen LogP contribution in [0.3, 0.4) is 0 Å². The van der Waals surface area contributed by atoms with Crippen LogP contribution in [0, 0.1) is 0 Å². The van der Waals surface area contributed by atoms with Gasteiger partial charge in [0.25, 0.3) is 0 Å². The van der Waals surface area contributed by atoms with Crippen molar-refractivity contribution in [2.75, 3.05) is 6.61 Å². The van der Waals surface area contributed by atoms with Crippen LogP contribution >= 0.6 is 11.6 Å². The van der Waals surface area contributed by atoms with Crippen molar-refractivity contribution in [3.05, 3.63) is 28.8 Å². The molecule has 1 aromatic rings. The second kappa shape index (κ2) is 5.29. The Kier molecular flexibility index (Phi) is 4.03. The van der Waals surface area contributed by atoms with E-state index in [0.717, 1.165) is 0 Å². The number of aliphatic imine (C=N–C) groups is 1. The largest absolute Gasteiger partial charge is 0.462 e. The molecular formula is C10H8ClNO3. The zero-order valence-corrected chi connectivity index (χ0v) is 8.75. The summed E-state index contributed by atoms with van der Waals surface area (Å²) in [6, 6.07) is 4.38. The molecule has 0 radical (unpaired) electrons. The standard InChI is InChI=1S/C10H8ClNO3/c1-2-15-10(14)8-4-3-7(11)5-9(8)12-6-13/h3-5H,2H2,1H3. The lowest BCUT2D eigenvalue weighted by molar-refractivity contribution is 0.0527. The van der Waals surface area contributed by atoms with Crippen LogP contribution in [0.1, 0.15) is 17.3 Å². The van der Waals surface area contributed by atoms with Gasteiger partial charge < -0.3 is 4.74 Å². The van der Waals surface area contributed by atoms with E-state index in [4.69, 9.17) is 16.3 Å². The molecule has 0 unspecified atom stereocenters. The summed E-state index contributed by atoms with van der Waals surface area (Å²) in [6.07, 6.45) is 1.36. The molecule has 1 rings (SSSR count). The van der Waals surface area contributed by atoms with Crippen molar-refractivity contribution < 1.29 is 14.3 Å². The topological polar surface area (TPSA) is 55.7 Å². The molecule has 0 saturated heterocycles. The van der Waals surface area contributed by atoms with Crippen LogP contribution in [0.15, 0.2) is 23.2 Å². The summed E-state index contributed by atoms with van der Waals surface area (Å²) >= 11 is 5.69. The van der Waals surface area contributed by atoms with Crippen molar-refractivity contribution >= 4 is 29.3 Å². The lowest BCUT2D eigenvalue weighted by Crippen LogP contribution is -2.04. The van der Waals surface area contributed by atoms with Gasteiger partial charge in [-0.05, 0) is 25.1 Å². The third-order valence-electron chi connectivity index (χ3n) is 1.62. The minimum absolute atomic E-state index is 0.163.